The molecule has 1 fully saturated rings. The number of rotatable bonds is 6. The predicted octanol–water partition coefficient (Wildman–Crippen LogP) is 2.37. The van der Waals surface area contributed by atoms with E-state index in [4.69, 9.17) is 27.9 Å². The van der Waals surface area contributed by atoms with Gasteiger partial charge in [-0.15, -0.1) is 11.3 Å². The minimum absolute atomic E-state index is 0.00685. The predicted molar refractivity (Wildman–Crippen MR) is 102 cm³/mol. The molecule has 1 aromatic heterocycles. The van der Waals surface area contributed by atoms with Gasteiger partial charge in [-0.2, -0.15) is 0 Å². The maximum atomic E-state index is 12.3. The molecular weight excluding hydrogens is 379 g/mol. The number of nitrogens with one attached hydrogen (secondary N) is 2. The number of benzene rings is 1. The van der Waals surface area contributed by atoms with Crippen LogP contribution in [0.15, 0.2) is 35.7 Å². The topological polar surface area (TPSA) is 42.8 Å². The molecule has 3 rings (SSSR count). The Hall–Kier alpha value is -1.11. The van der Waals surface area contributed by atoms with Crippen LogP contribution in [0.4, 0.5) is 0 Å². The zero-order chi connectivity index (χ0) is 17.6. The average molecular weight is 400 g/mol. The van der Waals surface area contributed by atoms with Gasteiger partial charge in [0.05, 0.1) is 41.1 Å². The first kappa shape index (κ1) is 18.7. The zero-order valence-corrected chi connectivity index (χ0v) is 16.1. The summed E-state index contributed by atoms with van der Waals surface area (Å²) in [5, 5.41) is 6.14. The molecule has 2 aromatic rings. The van der Waals surface area contributed by atoms with Crippen LogP contribution in [0, 0.1) is 0 Å². The second kappa shape index (κ2) is 9.01. The second-order valence-electron chi connectivity index (χ2n) is 6.07. The summed E-state index contributed by atoms with van der Waals surface area (Å²) < 4.78 is 5.46. The van der Waals surface area contributed by atoms with Crippen LogP contribution in [-0.4, -0.2) is 38.8 Å². The highest BCUT2D eigenvalue weighted by Crippen LogP contribution is 2.22. The van der Waals surface area contributed by atoms with Gasteiger partial charge >= 0.3 is 0 Å². The molecule has 1 amide bonds. The van der Waals surface area contributed by atoms with E-state index >= 15 is 0 Å². The highest BCUT2D eigenvalue weighted by atomic mass is 35.5. The highest BCUT2D eigenvalue weighted by molar-refractivity contribution is 7.10. The van der Waals surface area contributed by atoms with Gasteiger partial charge < -0.3 is 15.0 Å². The van der Waals surface area contributed by atoms with Crippen molar-refractivity contribution in [3.8, 4) is 0 Å². The van der Waals surface area contributed by atoms with Crippen molar-refractivity contribution in [3.63, 3.8) is 0 Å². The van der Waals surface area contributed by atoms with Crippen molar-refractivity contribution in [1.82, 2.24) is 5.32 Å². The molecule has 0 spiro atoms. The molecule has 1 atom stereocenters. The number of hydrogen-bond acceptors (Lipinski definition) is 3. The molecule has 25 heavy (non-hydrogen) atoms. The lowest BCUT2D eigenvalue weighted by molar-refractivity contribution is -0.937. The molecule has 2 N–H and O–H groups in total. The molecule has 2 heterocycles. The summed E-state index contributed by atoms with van der Waals surface area (Å²) in [6.45, 7) is 4.09. The van der Waals surface area contributed by atoms with Gasteiger partial charge in [0.15, 0.2) is 0 Å². The molecule has 1 aromatic carbocycles. The molecule has 0 radical (unpaired) electrons. The average Bonchev–Trinajstić information content (AvgIpc) is 3.14. The molecule has 1 aliphatic heterocycles. The molecule has 0 aliphatic carbocycles. The van der Waals surface area contributed by atoms with E-state index in [-0.39, 0.29) is 11.9 Å². The van der Waals surface area contributed by atoms with E-state index < -0.39 is 0 Å². The van der Waals surface area contributed by atoms with Gasteiger partial charge in [0.1, 0.15) is 19.1 Å². The Morgan fingerprint density at radius 3 is 2.72 bits per heavy atom. The quantitative estimate of drug-likeness (QED) is 0.782. The zero-order valence-electron chi connectivity index (χ0n) is 13.8. The molecule has 1 saturated heterocycles. The fourth-order valence-corrected chi connectivity index (χ4v) is 4.24. The van der Waals surface area contributed by atoms with E-state index in [1.54, 1.807) is 23.5 Å². The molecule has 0 saturated carbocycles. The Morgan fingerprint density at radius 2 is 2.04 bits per heavy atom. The van der Waals surface area contributed by atoms with Crippen LogP contribution in [0.25, 0.3) is 0 Å². The van der Waals surface area contributed by atoms with E-state index in [0.29, 0.717) is 23.0 Å². The van der Waals surface area contributed by atoms with E-state index in [9.17, 15) is 4.79 Å². The van der Waals surface area contributed by atoms with E-state index in [1.807, 2.05) is 6.07 Å². The smallest absolute Gasteiger partial charge is 0.224 e. The van der Waals surface area contributed by atoms with Crippen LogP contribution >= 0.6 is 34.5 Å². The van der Waals surface area contributed by atoms with Crippen molar-refractivity contribution in [2.24, 2.45) is 0 Å². The maximum Gasteiger partial charge on any atom is 0.224 e. The Kier molecular flexibility index (Phi) is 6.73. The van der Waals surface area contributed by atoms with Crippen molar-refractivity contribution >= 4 is 40.4 Å². The first-order valence-electron chi connectivity index (χ1n) is 8.30. The molecular formula is C18H21Cl2N2O2S+. The fraction of sp³-hybridized carbons (Fsp3) is 0.389. The number of amides is 1. The van der Waals surface area contributed by atoms with Gasteiger partial charge in [0, 0.05) is 0 Å². The van der Waals surface area contributed by atoms with Gasteiger partial charge in [-0.1, -0.05) is 35.3 Å². The lowest BCUT2D eigenvalue weighted by Crippen LogP contribution is -3.15. The van der Waals surface area contributed by atoms with Gasteiger partial charge in [0.2, 0.25) is 5.91 Å². The minimum Gasteiger partial charge on any atom is -0.370 e. The standard InChI is InChI=1S/C18H20Cl2N2O2S/c19-14-4-3-13(10-15(14)20)11-18(23)21-12-16(17-2-1-9-25-17)22-5-7-24-8-6-22/h1-4,9-10,16H,5-8,11-12H2,(H,21,23)/p+1/t16-/m1/s1. The Balaban J connectivity index is 1.60. The number of thiophene rings is 1. The molecule has 4 nitrogen and oxygen atoms in total. The van der Waals surface area contributed by atoms with Crippen LogP contribution in [0.2, 0.25) is 10.0 Å². The van der Waals surface area contributed by atoms with Crippen LogP contribution in [0.3, 0.4) is 0 Å². The number of ether oxygens (including phenoxy) is 1. The summed E-state index contributed by atoms with van der Waals surface area (Å²) in [5.74, 6) is -0.00685. The van der Waals surface area contributed by atoms with Crippen molar-refractivity contribution in [2.45, 2.75) is 12.5 Å². The van der Waals surface area contributed by atoms with Crippen LogP contribution in [0.5, 0.6) is 0 Å². The number of carbonyl (C=O) groups is 1. The third kappa shape index (κ3) is 5.19. The van der Waals surface area contributed by atoms with E-state index in [2.05, 4.69) is 22.8 Å². The van der Waals surface area contributed by atoms with Crippen LogP contribution in [0.1, 0.15) is 16.5 Å². The summed E-state index contributed by atoms with van der Waals surface area (Å²) in [7, 11) is 0. The van der Waals surface area contributed by atoms with Crippen molar-refractivity contribution < 1.29 is 14.4 Å². The summed E-state index contributed by atoms with van der Waals surface area (Å²) in [6.07, 6.45) is 0.298. The summed E-state index contributed by atoms with van der Waals surface area (Å²) in [5.41, 5.74) is 0.860. The van der Waals surface area contributed by atoms with Gasteiger partial charge in [-0.05, 0) is 29.1 Å². The summed E-state index contributed by atoms with van der Waals surface area (Å²) in [6, 6.07) is 9.76. The van der Waals surface area contributed by atoms with E-state index in [0.717, 1.165) is 31.9 Å². The molecule has 7 heteroatoms. The maximum absolute atomic E-state index is 12.3. The Bertz CT molecular complexity index is 703. The van der Waals surface area contributed by atoms with Crippen LogP contribution in [-0.2, 0) is 16.0 Å². The lowest BCUT2D eigenvalue weighted by Gasteiger charge is -2.31. The molecule has 0 bridgehead atoms. The number of carbonyl (C=O) groups excluding carboxylic acids is 1. The minimum atomic E-state index is -0.00685. The van der Waals surface area contributed by atoms with Gasteiger partial charge in [-0.25, -0.2) is 0 Å². The summed E-state index contributed by atoms with van der Waals surface area (Å²) in [4.78, 5) is 15.1. The number of halogens is 2. The van der Waals surface area contributed by atoms with E-state index in [1.165, 1.54) is 9.78 Å². The fourth-order valence-electron chi connectivity index (χ4n) is 3.03. The van der Waals surface area contributed by atoms with Crippen molar-refractivity contribution in [3.05, 3.63) is 56.2 Å². The monoisotopic (exact) mass is 399 g/mol. The number of morpholine rings is 1. The second-order valence-corrected chi connectivity index (χ2v) is 7.86. The van der Waals surface area contributed by atoms with Crippen molar-refractivity contribution in [2.75, 3.05) is 32.8 Å². The first-order valence-corrected chi connectivity index (χ1v) is 9.93. The normalized spacial score (nSPS) is 16.6. The molecule has 1 aliphatic rings. The van der Waals surface area contributed by atoms with Gasteiger partial charge in [-0.3, -0.25) is 4.79 Å². The first-order chi connectivity index (χ1) is 12.1. The Labute approximate surface area is 161 Å². The third-order valence-electron chi connectivity index (χ3n) is 4.37. The largest absolute Gasteiger partial charge is 0.370 e. The highest BCUT2D eigenvalue weighted by Gasteiger charge is 2.27. The summed E-state index contributed by atoms with van der Waals surface area (Å²) >= 11 is 13.7. The van der Waals surface area contributed by atoms with Crippen molar-refractivity contribution in [1.29, 1.82) is 0 Å². The number of hydrogen-bond donors (Lipinski definition) is 2. The lowest BCUT2D eigenvalue weighted by atomic mass is 10.1. The molecule has 0 unspecified atom stereocenters. The Morgan fingerprint density at radius 1 is 1.24 bits per heavy atom. The third-order valence-corrected chi connectivity index (χ3v) is 6.09. The number of quaternary nitrogens is 1. The van der Waals surface area contributed by atoms with Gasteiger partial charge in [0.25, 0.3) is 0 Å². The van der Waals surface area contributed by atoms with Crippen LogP contribution < -0.4 is 10.2 Å². The SMILES string of the molecule is O=C(Cc1ccc(Cl)c(Cl)c1)NC[C@H](c1cccs1)[NH+]1CCOCC1. The molecule has 134 valence electrons.